The predicted octanol–water partition coefficient (Wildman–Crippen LogP) is 5.20. The van der Waals surface area contributed by atoms with Gasteiger partial charge in [0.05, 0.1) is 5.25 Å². The molecule has 1 aliphatic rings. The van der Waals surface area contributed by atoms with E-state index in [0.29, 0.717) is 0 Å². The van der Waals surface area contributed by atoms with Gasteiger partial charge in [0, 0.05) is 42.1 Å². The van der Waals surface area contributed by atoms with E-state index in [1.165, 1.54) is 11.1 Å². The Balaban J connectivity index is 1.83. The summed E-state index contributed by atoms with van der Waals surface area (Å²) in [5.74, 6) is 0. The second-order valence-corrected chi connectivity index (χ2v) is 11.8. The van der Waals surface area contributed by atoms with Crippen LogP contribution in [0.1, 0.15) is 57.7 Å². The lowest BCUT2D eigenvalue weighted by Gasteiger charge is -2.20. The van der Waals surface area contributed by atoms with Crippen molar-refractivity contribution in [3.63, 3.8) is 0 Å². The Kier molecular flexibility index (Phi) is 5.27. The fraction of sp³-hybridized carbons (Fsp3) is 0.458. The topological polar surface area (TPSA) is 64.0 Å². The van der Waals surface area contributed by atoms with Gasteiger partial charge in [0.15, 0.2) is 0 Å². The molecule has 0 spiro atoms. The molecule has 0 aliphatic heterocycles. The van der Waals surface area contributed by atoms with Crippen molar-refractivity contribution in [1.82, 2.24) is 14.3 Å². The highest BCUT2D eigenvalue weighted by molar-refractivity contribution is 7.90. The first kappa shape index (κ1) is 21.1. The van der Waals surface area contributed by atoms with E-state index in [-0.39, 0.29) is 16.7 Å². The van der Waals surface area contributed by atoms with Gasteiger partial charge in [0.2, 0.25) is 10.0 Å². The molecule has 1 N–H and O–H groups in total. The van der Waals surface area contributed by atoms with E-state index >= 15 is 0 Å². The molecular formula is C24H31N3O2S. The van der Waals surface area contributed by atoms with E-state index < -0.39 is 10.0 Å². The van der Waals surface area contributed by atoms with Gasteiger partial charge in [-0.3, -0.25) is 4.98 Å². The van der Waals surface area contributed by atoms with E-state index in [4.69, 9.17) is 0 Å². The van der Waals surface area contributed by atoms with Crippen LogP contribution in [0.2, 0.25) is 0 Å². The minimum atomic E-state index is -3.26. The fourth-order valence-corrected chi connectivity index (χ4v) is 5.66. The third-order valence-corrected chi connectivity index (χ3v) is 7.70. The summed E-state index contributed by atoms with van der Waals surface area (Å²) in [6.45, 7) is 11.6. The van der Waals surface area contributed by atoms with E-state index in [9.17, 15) is 8.42 Å². The van der Waals surface area contributed by atoms with E-state index in [1.54, 1.807) is 0 Å². The number of hydrogen-bond donors (Lipinski definition) is 1. The van der Waals surface area contributed by atoms with Crippen molar-refractivity contribution >= 4 is 20.9 Å². The van der Waals surface area contributed by atoms with Gasteiger partial charge in [-0.2, -0.15) is 0 Å². The molecule has 1 atom stereocenters. The van der Waals surface area contributed by atoms with Gasteiger partial charge in [0.1, 0.15) is 0 Å². The Labute approximate surface area is 179 Å². The molecule has 0 amide bonds. The summed E-state index contributed by atoms with van der Waals surface area (Å²) in [5.41, 5.74) is 5.74. The third kappa shape index (κ3) is 4.30. The van der Waals surface area contributed by atoms with Gasteiger partial charge in [-0.25, -0.2) is 13.1 Å². The smallest absolute Gasteiger partial charge is 0.215 e. The number of fused-ring (bicyclic) bond motifs is 1. The van der Waals surface area contributed by atoms with Gasteiger partial charge in [-0.05, 0) is 78.6 Å². The average molecular weight is 426 g/mol. The lowest BCUT2D eigenvalue weighted by atomic mass is 9.96. The van der Waals surface area contributed by atoms with Crippen LogP contribution in [0.3, 0.4) is 0 Å². The molecule has 1 saturated carbocycles. The highest BCUT2D eigenvalue weighted by Gasteiger charge is 2.37. The Bertz CT molecular complexity index is 1170. The fourth-order valence-electron chi connectivity index (χ4n) is 4.09. The zero-order valence-corrected chi connectivity index (χ0v) is 19.3. The number of aromatic nitrogens is 2. The zero-order chi connectivity index (χ0) is 21.7. The third-order valence-electron chi connectivity index (χ3n) is 5.66. The Morgan fingerprint density at radius 2 is 1.87 bits per heavy atom. The first-order valence-electron chi connectivity index (χ1n) is 10.6. The standard InChI is InChI=1S/C24H31N3O2S/c1-16-12-21-22(17(2)26-30(28,29)19-6-7-19)14-27(15-24(3,4)5)23(21)13-20(16)18-8-10-25-11-9-18/h8-14,17,19,26H,6-7,15H2,1-5H3/t17-/m1/s1. The molecule has 1 aliphatic carbocycles. The summed E-state index contributed by atoms with van der Waals surface area (Å²) in [6, 6.07) is 8.21. The number of nitrogens with zero attached hydrogens (tertiary/aromatic N) is 2. The molecule has 0 unspecified atom stereocenters. The van der Waals surface area contributed by atoms with Gasteiger partial charge in [0.25, 0.3) is 0 Å². The van der Waals surface area contributed by atoms with Crippen molar-refractivity contribution in [3.8, 4) is 11.1 Å². The van der Waals surface area contributed by atoms with Crippen molar-refractivity contribution in [2.45, 2.75) is 65.3 Å². The van der Waals surface area contributed by atoms with Crippen molar-refractivity contribution in [3.05, 3.63) is 54.0 Å². The number of benzene rings is 1. The van der Waals surface area contributed by atoms with Crippen LogP contribution in [0, 0.1) is 12.3 Å². The first-order chi connectivity index (χ1) is 14.0. The minimum absolute atomic E-state index is 0.0989. The molecule has 0 radical (unpaired) electrons. The Hall–Kier alpha value is -2.18. The number of rotatable bonds is 6. The van der Waals surface area contributed by atoms with Crippen molar-refractivity contribution in [1.29, 1.82) is 0 Å². The number of aryl methyl sites for hydroxylation is 1. The largest absolute Gasteiger partial charge is 0.347 e. The number of pyridine rings is 1. The van der Waals surface area contributed by atoms with Crippen LogP contribution in [0.25, 0.3) is 22.0 Å². The number of nitrogens with one attached hydrogen (secondary N) is 1. The van der Waals surface area contributed by atoms with Crippen LogP contribution in [0.4, 0.5) is 0 Å². The highest BCUT2D eigenvalue weighted by atomic mass is 32.2. The molecule has 160 valence electrons. The molecular weight excluding hydrogens is 394 g/mol. The molecule has 3 aromatic rings. The normalized spacial score (nSPS) is 16.2. The van der Waals surface area contributed by atoms with E-state index in [2.05, 4.69) is 60.3 Å². The van der Waals surface area contributed by atoms with Crippen LogP contribution in [0.5, 0.6) is 0 Å². The molecule has 0 saturated heterocycles. The molecule has 2 aromatic heterocycles. The number of hydrogen-bond acceptors (Lipinski definition) is 3. The van der Waals surface area contributed by atoms with Gasteiger partial charge in [-0.15, -0.1) is 0 Å². The van der Waals surface area contributed by atoms with E-state index in [1.807, 2.05) is 31.5 Å². The number of sulfonamides is 1. The Morgan fingerprint density at radius 1 is 1.20 bits per heavy atom. The second kappa shape index (κ2) is 7.50. The molecule has 30 heavy (non-hydrogen) atoms. The minimum Gasteiger partial charge on any atom is -0.347 e. The van der Waals surface area contributed by atoms with Crippen LogP contribution in [0.15, 0.2) is 42.9 Å². The van der Waals surface area contributed by atoms with Crippen LogP contribution < -0.4 is 4.72 Å². The lowest BCUT2D eigenvalue weighted by Crippen LogP contribution is -2.29. The van der Waals surface area contributed by atoms with Crippen LogP contribution >= 0.6 is 0 Å². The molecule has 5 nitrogen and oxygen atoms in total. The van der Waals surface area contributed by atoms with Crippen molar-refractivity contribution in [2.75, 3.05) is 0 Å². The van der Waals surface area contributed by atoms with Gasteiger partial charge < -0.3 is 4.57 Å². The van der Waals surface area contributed by atoms with Gasteiger partial charge in [-0.1, -0.05) is 20.8 Å². The lowest BCUT2D eigenvalue weighted by molar-refractivity contribution is 0.349. The molecule has 0 bridgehead atoms. The molecule has 4 rings (SSSR count). The zero-order valence-electron chi connectivity index (χ0n) is 18.4. The van der Waals surface area contributed by atoms with E-state index in [0.717, 1.165) is 41.4 Å². The summed E-state index contributed by atoms with van der Waals surface area (Å²) in [6.07, 6.45) is 7.29. The summed E-state index contributed by atoms with van der Waals surface area (Å²) < 4.78 is 30.3. The molecule has 2 heterocycles. The quantitative estimate of drug-likeness (QED) is 0.590. The van der Waals surface area contributed by atoms with Gasteiger partial charge >= 0.3 is 0 Å². The molecule has 6 heteroatoms. The molecule has 1 aromatic carbocycles. The SMILES string of the molecule is Cc1cc2c([C@@H](C)NS(=O)(=O)C3CC3)cn(CC(C)(C)C)c2cc1-c1ccncc1. The first-order valence-corrected chi connectivity index (χ1v) is 12.1. The molecule has 1 fully saturated rings. The summed E-state index contributed by atoms with van der Waals surface area (Å²) >= 11 is 0. The highest BCUT2D eigenvalue weighted by Crippen LogP contribution is 2.36. The predicted molar refractivity (Wildman–Crippen MR) is 123 cm³/mol. The maximum absolute atomic E-state index is 12.5. The maximum atomic E-state index is 12.5. The Morgan fingerprint density at radius 3 is 2.47 bits per heavy atom. The van der Waals surface area contributed by atoms with Crippen molar-refractivity contribution in [2.24, 2.45) is 5.41 Å². The average Bonchev–Trinajstić information content (AvgIpc) is 3.46. The van der Waals surface area contributed by atoms with Crippen molar-refractivity contribution < 1.29 is 8.42 Å². The summed E-state index contributed by atoms with van der Waals surface area (Å²) in [4.78, 5) is 4.14. The monoisotopic (exact) mass is 425 g/mol. The van der Waals surface area contributed by atoms with Crippen LogP contribution in [-0.2, 0) is 16.6 Å². The second-order valence-electron chi connectivity index (χ2n) is 9.78. The maximum Gasteiger partial charge on any atom is 0.215 e. The summed E-state index contributed by atoms with van der Waals surface area (Å²) in [7, 11) is -3.26. The summed E-state index contributed by atoms with van der Waals surface area (Å²) in [5, 5.41) is 0.892. The van der Waals surface area contributed by atoms with Crippen LogP contribution in [-0.4, -0.2) is 23.2 Å².